The van der Waals surface area contributed by atoms with Gasteiger partial charge in [-0.3, -0.25) is 4.79 Å². The first-order valence-corrected chi connectivity index (χ1v) is 9.41. The fraction of sp³-hybridized carbons (Fsp3) is 0.211. The van der Waals surface area contributed by atoms with E-state index in [9.17, 15) is 13.2 Å². The number of sulfonamides is 1. The number of hydrogen-bond acceptors (Lipinski definition) is 5. The van der Waals surface area contributed by atoms with Gasteiger partial charge in [0, 0.05) is 6.42 Å². The Labute approximate surface area is 152 Å². The van der Waals surface area contributed by atoms with Crippen LogP contribution in [0.2, 0.25) is 0 Å². The summed E-state index contributed by atoms with van der Waals surface area (Å²) < 4.78 is 37.4. The van der Waals surface area contributed by atoms with E-state index < -0.39 is 22.0 Å². The van der Waals surface area contributed by atoms with E-state index in [1.54, 1.807) is 24.3 Å². The number of esters is 1. The Morgan fingerprint density at radius 1 is 1.12 bits per heavy atom. The number of rotatable bonds is 6. The molecule has 1 aliphatic rings. The van der Waals surface area contributed by atoms with E-state index in [1.165, 1.54) is 12.1 Å². The van der Waals surface area contributed by atoms with Crippen LogP contribution in [-0.4, -0.2) is 37.9 Å². The molecule has 0 saturated carbocycles. The van der Waals surface area contributed by atoms with E-state index >= 15 is 0 Å². The van der Waals surface area contributed by atoms with Gasteiger partial charge in [0.1, 0.15) is 17.5 Å². The Kier molecular flexibility index (Phi) is 5.26. The lowest BCUT2D eigenvalue weighted by atomic mass is 10.2. The first kappa shape index (κ1) is 18.0. The molecule has 1 fully saturated rings. The highest BCUT2D eigenvalue weighted by Crippen LogP contribution is 2.26. The Balaban J connectivity index is 1.84. The van der Waals surface area contributed by atoms with Gasteiger partial charge in [0.05, 0.1) is 18.0 Å². The minimum Gasteiger partial charge on any atom is -0.464 e. The zero-order chi connectivity index (χ0) is 18.6. The van der Waals surface area contributed by atoms with Crippen molar-refractivity contribution < 1.29 is 22.7 Å². The molecule has 0 aliphatic carbocycles. The van der Waals surface area contributed by atoms with Crippen molar-refractivity contribution in [3.8, 4) is 23.8 Å². The normalized spacial score (nSPS) is 16.9. The molecule has 7 heteroatoms. The molecule has 6 nitrogen and oxygen atoms in total. The van der Waals surface area contributed by atoms with Crippen LogP contribution in [0.25, 0.3) is 0 Å². The van der Waals surface area contributed by atoms with E-state index in [0.29, 0.717) is 11.5 Å². The van der Waals surface area contributed by atoms with E-state index in [-0.39, 0.29) is 24.5 Å². The van der Waals surface area contributed by atoms with Crippen LogP contribution in [0, 0.1) is 12.3 Å². The molecule has 0 aromatic heterocycles. The van der Waals surface area contributed by atoms with Crippen molar-refractivity contribution in [2.45, 2.75) is 17.4 Å². The fourth-order valence-electron chi connectivity index (χ4n) is 2.64. The van der Waals surface area contributed by atoms with Crippen LogP contribution in [-0.2, 0) is 19.6 Å². The van der Waals surface area contributed by atoms with Gasteiger partial charge in [-0.05, 0) is 36.4 Å². The number of cyclic esters (lactones) is 1. The molecule has 1 atom stereocenters. The second-order valence-electron chi connectivity index (χ2n) is 5.61. The maximum absolute atomic E-state index is 12.9. The molecule has 2 aromatic carbocycles. The van der Waals surface area contributed by atoms with E-state index in [0.717, 1.165) is 4.31 Å². The zero-order valence-electron chi connectivity index (χ0n) is 13.9. The van der Waals surface area contributed by atoms with Crippen LogP contribution < -0.4 is 4.74 Å². The van der Waals surface area contributed by atoms with Crippen LogP contribution in [0.3, 0.4) is 0 Å². The molecule has 134 valence electrons. The lowest BCUT2D eigenvalue weighted by molar-refractivity contribution is -0.140. The van der Waals surface area contributed by atoms with Gasteiger partial charge in [0.2, 0.25) is 10.0 Å². The highest BCUT2D eigenvalue weighted by Gasteiger charge is 2.39. The van der Waals surface area contributed by atoms with Crippen molar-refractivity contribution in [1.29, 1.82) is 0 Å². The van der Waals surface area contributed by atoms with Crippen LogP contribution in [0.15, 0.2) is 59.5 Å². The summed E-state index contributed by atoms with van der Waals surface area (Å²) in [6, 6.07) is 14.2. The van der Waals surface area contributed by atoms with Crippen LogP contribution in [0.5, 0.6) is 11.5 Å². The Morgan fingerprint density at radius 3 is 2.35 bits per heavy atom. The molecule has 0 bridgehead atoms. The third-order valence-corrected chi connectivity index (χ3v) is 5.78. The lowest BCUT2D eigenvalue weighted by Crippen LogP contribution is -2.43. The predicted molar refractivity (Wildman–Crippen MR) is 95.0 cm³/mol. The molecule has 0 N–H and O–H groups in total. The quantitative estimate of drug-likeness (QED) is 0.576. The second kappa shape index (κ2) is 7.60. The Morgan fingerprint density at radius 2 is 1.77 bits per heavy atom. The van der Waals surface area contributed by atoms with Crippen molar-refractivity contribution in [2.24, 2.45) is 0 Å². The minimum absolute atomic E-state index is 0.0351. The molecular weight excluding hydrogens is 354 g/mol. The largest absolute Gasteiger partial charge is 0.464 e. The van der Waals surface area contributed by atoms with Crippen molar-refractivity contribution in [3.63, 3.8) is 0 Å². The summed E-state index contributed by atoms with van der Waals surface area (Å²) in [6.07, 6.45) is 5.59. The first-order chi connectivity index (χ1) is 12.5. The molecule has 1 heterocycles. The molecule has 3 rings (SSSR count). The Bertz CT molecular complexity index is 917. The number of carbonyl (C=O) groups excluding carboxylic acids is 1. The van der Waals surface area contributed by atoms with E-state index in [1.807, 2.05) is 18.2 Å². The topological polar surface area (TPSA) is 72.9 Å². The van der Waals surface area contributed by atoms with Crippen LogP contribution in [0.1, 0.15) is 6.42 Å². The average Bonchev–Trinajstić information content (AvgIpc) is 3.06. The second-order valence-corrected chi connectivity index (χ2v) is 7.50. The number of benzene rings is 2. The summed E-state index contributed by atoms with van der Waals surface area (Å²) in [6.45, 7) is -0.0195. The van der Waals surface area contributed by atoms with Crippen molar-refractivity contribution in [2.75, 3.05) is 13.2 Å². The summed E-state index contributed by atoms with van der Waals surface area (Å²) >= 11 is 0. The molecule has 0 spiro atoms. The maximum Gasteiger partial charge on any atom is 0.324 e. The SMILES string of the molecule is C#CCN(C1CCOC1=O)S(=O)(=O)c1ccc(Oc2ccccc2)cc1. The third kappa shape index (κ3) is 3.72. The molecule has 1 saturated heterocycles. The molecule has 1 aliphatic heterocycles. The van der Waals surface area contributed by atoms with Gasteiger partial charge in [-0.2, -0.15) is 4.31 Å². The predicted octanol–water partition coefficient (Wildman–Crippen LogP) is 2.42. The van der Waals surface area contributed by atoms with E-state index in [4.69, 9.17) is 15.9 Å². The Hall–Kier alpha value is -2.82. The monoisotopic (exact) mass is 371 g/mol. The number of nitrogens with zero attached hydrogens (tertiary/aromatic N) is 1. The number of carbonyl (C=O) groups is 1. The summed E-state index contributed by atoms with van der Waals surface area (Å²) in [7, 11) is -3.93. The maximum atomic E-state index is 12.9. The standard InChI is InChI=1S/C19H17NO5S/c1-2-13-20(18-12-14-24-19(18)21)26(22,23)17-10-8-16(9-11-17)25-15-6-4-3-5-7-15/h1,3-11,18H,12-14H2. The number of terminal acetylenes is 1. The molecule has 26 heavy (non-hydrogen) atoms. The van der Waals surface area contributed by atoms with Gasteiger partial charge >= 0.3 is 5.97 Å². The molecule has 1 unspecified atom stereocenters. The summed E-state index contributed by atoms with van der Waals surface area (Å²) in [5.41, 5.74) is 0. The summed E-state index contributed by atoms with van der Waals surface area (Å²) in [4.78, 5) is 11.8. The average molecular weight is 371 g/mol. The minimum atomic E-state index is -3.93. The van der Waals surface area contributed by atoms with Gasteiger partial charge in [-0.15, -0.1) is 6.42 Å². The van der Waals surface area contributed by atoms with Gasteiger partial charge in [0.15, 0.2) is 0 Å². The highest BCUT2D eigenvalue weighted by atomic mass is 32.2. The third-order valence-electron chi connectivity index (χ3n) is 3.91. The summed E-state index contributed by atoms with van der Waals surface area (Å²) in [5.74, 6) is 2.87. The zero-order valence-corrected chi connectivity index (χ0v) is 14.7. The highest BCUT2D eigenvalue weighted by molar-refractivity contribution is 7.89. The van der Waals surface area contributed by atoms with Crippen molar-refractivity contribution >= 4 is 16.0 Å². The number of ether oxygens (including phenoxy) is 2. The van der Waals surface area contributed by atoms with Crippen LogP contribution in [0.4, 0.5) is 0 Å². The number of para-hydroxylation sites is 1. The van der Waals surface area contributed by atoms with Gasteiger partial charge in [-0.1, -0.05) is 24.1 Å². The van der Waals surface area contributed by atoms with Gasteiger partial charge in [-0.25, -0.2) is 8.42 Å². The van der Waals surface area contributed by atoms with Crippen molar-refractivity contribution in [1.82, 2.24) is 4.31 Å². The lowest BCUT2D eigenvalue weighted by Gasteiger charge is -2.23. The van der Waals surface area contributed by atoms with Crippen LogP contribution >= 0.6 is 0 Å². The molecular formula is C19H17NO5S. The smallest absolute Gasteiger partial charge is 0.324 e. The molecule has 2 aromatic rings. The molecule has 0 radical (unpaired) electrons. The first-order valence-electron chi connectivity index (χ1n) is 7.97. The molecule has 0 amide bonds. The van der Waals surface area contributed by atoms with E-state index in [2.05, 4.69) is 5.92 Å². The van der Waals surface area contributed by atoms with Gasteiger partial charge in [0.25, 0.3) is 0 Å². The number of hydrogen-bond donors (Lipinski definition) is 0. The fourth-order valence-corrected chi connectivity index (χ4v) is 4.16. The van der Waals surface area contributed by atoms with Crippen molar-refractivity contribution in [3.05, 3.63) is 54.6 Å². The summed E-state index contributed by atoms with van der Waals surface area (Å²) in [5, 5.41) is 0. The van der Waals surface area contributed by atoms with Gasteiger partial charge < -0.3 is 9.47 Å².